The third-order valence-corrected chi connectivity index (χ3v) is 5.28. The molecule has 5 nitrogen and oxygen atoms in total. The molecular weight excluding hydrogens is 344 g/mol. The topological polar surface area (TPSA) is 63.7 Å². The molecule has 0 aliphatic carbocycles. The standard InChI is InChI=1S/C20H18N4OS/c21-12-16-8-4-10-19(23-16)26-20-22-13-18(15-6-2-1-3-7-15)24(20)14-17-9-5-11-25-17/h1-4,6-8,10,13,17H,5,9,11,14H2. The van der Waals surface area contributed by atoms with Gasteiger partial charge < -0.3 is 9.30 Å². The van der Waals surface area contributed by atoms with E-state index in [9.17, 15) is 0 Å². The summed E-state index contributed by atoms with van der Waals surface area (Å²) in [5.41, 5.74) is 2.61. The van der Waals surface area contributed by atoms with Gasteiger partial charge in [0.05, 0.1) is 24.5 Å². The van der Waals surface area contributed by atoms with Gasteiger partial charge in [0, 0.05) is 6.61 Å². The summed E-state index contributed by atoms with van der Waals surface area (Å²) in [6.07, 6.45) is 4.29. The van der Waals surface area contributed by atoms with Crippen molar-refractivity contribution in [3.8, 4) is 17.3 Å². The first kappa shape index (κ1) is 16.8. The van der Waals surface area contributed by atoms with E-state index in [1.165, 1.54) is 11.8 Å². The number of imidazole rings is 1. The van der Waals surface area contributed by atoms with E-state index in [0.29, 0.717) is 5.69 Å². The van der Waals surface area contributed by atoms with Gasteiger partial charge in [0.25, 0.3) is 0 Å². The van der Waals surface area contributed by atoms with Crippen molar-refractivity contribution in [2.24, 2.45) is 0 Å². The van der Waals surface area contributed by atoms with Gasteiger partial charge in [-0.05, 0) is 42.3 Å². The molecule has 3 aromatic rings. The van der Waals surface area contributed by atoms with Gasteiger partial charge in [0.2, 0.25) is 0 Å². The Hall–Kier alpha value is -2.62. The van der Waals surface area contributed by atoms with Crippen molar-refractivity contribution in [1.82, 2.24) is 14.5 Å². The van der Waals surface area contributed by atoms with Crippen LogP contribution in [0, 0.1) is 11.3 Å². The first-order chi connectivity index (χ1) is 12.8. The lowest BCUT2D eigenvalue weighted by atomic mass is 10.1. The first-order valence-corrected chi connectivity index (χ1v) is 9.43. The third kappa shape index (κ3) is 3.64. The number of rotatable bonds is 5. The molecular formula is C20H18N4OS. The largest absolute Gasteiger partial charge is 0.376 e. The number of benzene rings is 1. The van der Waals surface area contributed by atoms with Crippen molar-refractivity contribution >= 4 is 11.8 Å². The van der Waals surface area contributed by atoms with Gasteiger partial charge in [-0.2, -0.15) is 5.26 Å². The van der Waals surface area contributed by atoms with Crippen LogP contribution in [0.3, 0.4) is 0 Å². The van der Waals surface area contributed by atoms with Crippen molar-refractivity contribution < 1.29 is 4.74 Å². The van der Waals surface area contributed by atoms with Crippen LogP contribution in [0.1, 0.15) is 18.5 Å². The van der Waals surface area contributed by atoms with E-state index >= 15 is 0 Å². The molecule has 130 valence electrons. The molecule has 0 spiro atoms. The number of hydrogen-bond donors (Lipinski definition) is 0. The maximum absolute atomic E-state index is 9.07. The third-order valence-electron chi connectivity index (χ3n) is 4.33. The molecule has 0 radical (unpaired) electrons. The molecule has 1 saturated heterocycles. The second-order valence-corrected chi connectivity index (χ2v) is 7.10. The number of nitriles is 1. The fourth-order valence-electron chi connectivity index (χ4n) is 3.08. The van der Waals surface area contributed by atoms with E-state index in [2.05, 4.69) is 32.7 Å². The monoisotopic (exact) mass is 362 g/mol. The van der Waals surface area contributed by atoms with Crippen molar-refractivity contribution in [2.75, 3.05) is 6.61 Å². The molecule has 6 heteroatoms. The van der Waals surface area contributed by atoms with Crippen LogP contribution < -0.4 is 0 Å². The average molecular weight is 362 g/mol. The zero-order valence-corrected chi connectivity index (χ0v) is 15.0. The second-order valence-electron chi connectivity index (χ2n) is 6.11. The molecule has 2 aromatic heterocycles. The summed E-state index contributed by atoms with van der Waals surface area (Å²) in [6, 6.07) is 17.8. The van der Waals surface area contributed by atoms with E-state index in [1.807, 2.05) is 36.5 Å². The van der Waals surface area contributed by atoms with Crippen LogP contribution in [0.2, 0.25) is 0 Å². The number of hydrogen-bond acceptors (Lipinski definition) is 5. The van der Waals surface area contributed by atoms with Crippen LogP contribution in [0.25, 0.3) is 11.3 Å². The Morgan fingerprint density at radius 1 is 1.19 bits per heavy atom. The maximum Gasteiger partial charge on any atom is 0.174 e. The van der Waals surface area contributed by atoms with Crippen molar-refractivity contribution in [3.05, 3.63) is 60.4 Å². The summed E-state index contributed by atoms with van der Waals surface area (Å²) < 4.78 is 8.05. The minimum atomic E-state index is 0.212. The number of ether oxygens (including phenoxy) is 1. The lowest BCUT2D eigenvalue weighted by Gasteiger charge is -2.16. The van der Waals surface area contributed by atoms with Gasteiger partial charge in [-0.3, -0.25) is 0 Å². The lowest BCUT2D eigenvalue weighted by molar-refractivity contribution is 0.0954. The minimum Gasteiger partial charge on any atom is -0.376 e. The normalized spacial score (nSPS) is 16.5. The summed E-state index contributed by atoms with van der Waals surface area (Å²) in [5.74, 6) is 0. The van der Waals surface area contributed by atoms with Gasteiger partial charge in [0.1, 0.15) is 16.8 Å². The molecule has 3 heterocycles. The predicted octanol–water partition coefficient (Wildman–Crippen LogP) is 4.15. The Morgan fingerprint density at radius 3 is 2.85 bits per heavy atom. The van der Waals surface area contributed by atoms with Gasteiger partial charge in [0.15, 0.2) is 5.16 Å². The Bertz CT molecular complexity index is 926. The molecule has 1 atom stereocenters. The summed E-state index contributed by atoms with van der Waals surface area (Å²) in [7, 11) is 0. The molecule has 1 fully saturated rings. The highest BCUT2D eigenvalue weighted by atomic mass is 32.2. The van der Waals surface area contributed by atoms with Crippen LogP contribution in [0.4, 0.5) is 0 Å². The van der Waals surface area contributed by atoms with Crippen molar-refractivity contribution in [3.63, 3.8) is 0 Å². The summed E-state index contributed by atoms with van der Waals surface area (Å²) in [4.78, 5) is 8.99. The van der Waals surface area contributed by atoms with Gasteiger partial charge >= 0.3 is 0 Å². The quantitative estimate of drug-likeness (QED) is 0.682. The molecule has 26 heavy (non-hydrogen) atoms. The summed E-state index contributed by atoms with van der Waals surface area (Å²) >= 11 is 1.48. The number of nitrogens with zero attached hydrogens (tertiary/aromatic N) is 4. The minimum absolute atomic E-state index is 0.212. The molecule has 4 rings (SSSR count). The Kier molecular flexibility index (Phi) is 5.00. The maximum atomic E-state index is 9.07. The van der Waals surface area contributed by atoms with E-state index < -0.39 is 0 Å². The molecule has 1 aliphatic rings. The predicted molar refractivity (Wildman–Crippen MR) is 99.7 cm³/mol. The molecule has 0 bridgehead atoms. The summed E-state index contributed by atoms with van der Waals surface area (Å²) in [5, 5.41) is 10.7. The SMILES string of the molecule is N#Cc1cccc(Sc2ncc(-c3ccccc3)n2CC2CCCO2)n1. The van der Waals surface area contributed by atoms with Crippen molar-refractivity contribution in [1.29, 1.82) is 5.26 Å². The van der Waals surface area contributed by atoms with Gasteiger partial charge in [-0.15, -0.1) is 0 Å². The van der Waals surface area contributed by atoms with E-state index in [4.69, 9.17) is 10.00 Å². The van der Waals surface area contributed by atoms with Crippen LogP contribution in [0.5, 0.6) is 0 Å². The van der Waals surface area contributed by atoms with Crippen LogP contribution in [0.15, 0.2) is 64.9 Å². The molecule has 1 aliphatic heterocycles. The van der Waals surface area contributed by atoms with Crippen LogP contribution >= 0.6 is 11.8 Å². The van der Waals surface area contributed by atoms with Crippen molar-refractivity contribution in [2.45, 2.75) is 35.7 Å². The van der Waals surface area contributed by atoms with Crippen LogP contribution in [-0.4, -0.2) is 27.2 Å². The molecule has 1 unspecified atom stereocenters. The second kappa shape index (κ2) is 7.73. The average Bonchev–Trinajstić information content (AvgIpc) is 3.34. The van der Waals surface area contributed by atoms with Gasteiger partial charge in [-0.25, -0.2) is 9.97 Å². The fraction of sp³-hybridized carbons (Fsp3) is 0.250. The van der Waals surface area contributed by atoms with E-state index in [0.717, 1.165) is 47.4 Å². The number of aromatic nitrogens is 3. The lowest BCUT2D eigenvalue weighted by Crippen LogP contribution is -2.16. The number of pyridine rings is 1. The Balaban J connectivity index is 1.69. The highest BCUT2D eigenvalue weighted by molar-refractivity contribution is 7.99. The smallest absolute Gasteiger partial charge is 0.174 e. The first-order valence-electron chi connectivity index (χ1n) is 8.61. The zero-order valence-electron chi connectivity index (χ0n) is 14.2. The summed E-state index contributed by atoms with van der Waals surface area (Å²) in [6.45, 7) is 1.60. The molecule has 1 aromatic carbocycles. The molecule has 0 N–H and O–H groups in total. The molecule has 0 amide bonds. The van der Waals surface area contributed by atoms with E-state index in [1.54, 1.807) is 6.07 Å². The fourth-order valence-corrected chi connectivity index (χ4v) is 3.94. The van der Waals surface area contributed by atoms with E-state index in [-0.39, 0.29) is 6.10 Å². The molecule has 0 saturated carbocycles. The highest BCUT2D eigenvalue weighted by Crippen LogP contribution is 2.31. The Labute approximate surface area is 156 Å². The zero-order chi connectivity index (χ0) is 17.8. The highest BCUT2D eigenvalue weighted by Gasteiger charge is 2.21. The van der Waals surface area contributed by atoms with Crippen LogP contribution in [-0.2, 0) is 11.3 Å². The Morgan fingerprint density at radius 2 is 2.08 bits per heavy atom. The van der Waals surface area contributed by atoms with Gasteiger partial charge in [-0.1, -0.05) is 36.4 Å².